The van der Waals surface area contributed by atoms with E-state index in [-0.39, 0.29) is 0 Å². The van der Waals surface area contributed by atoms with Crippen molar-refractivity contribution in [3.05, 3.63) is 36.0 Å². The first-order valence-corrected chi connectivity index (χ1v) is 7.47. The second kappa shape index (κ2) is 7.73. The number of aromatic nitrogens is 1. The number of carbonyl (C=O) groups is 1. The summed E-state index contributed by atoms with van der Waals surface area (Å²) in [6, 6.07) is 9.05. The molecule has 1 aliphatic carbocycles. The Hall–Kier alpha value is -1.77. The smallest absolute Gasteiger partial charge is 0.293 e. The van der Waals surface area contributed by atoms with Crippen molar-refractivity contribution in [1.82, 2.24) is 4.98 Å². The van der Waals surface area contributed by atoms with Gasteiger partial charge in [0.2, 0.25) is 0 Å². The zero-order valence-electron chi connectivity index (χ0n) is 12.1. The maximum atomic E-state index is 9.18. The van der Waals surface area contributed by atoms with Crippen LogP contribution in [0.2, 0.25) is 0 Å². The molecule has 1 heterocycles. The fourth-order valence-electron chi connectivity index (χ4n) is 2.83. The zero-order chi connectivity index (χ0) is 14.2. The van der Waals surface area contributed by atoms with Gasteiger partial charge in [0.05, 0.1) is 6.61 Å². The Labute approximate surface area is 120 Å². The monoisotopic (exact) mass is 273 g/mol. The third-order valence-electron chi connectivity index (χ3n) is 3.89. The third kappa shape index (κ3) is 3.86. The van der Waals surface area contributed by atoms with E-state index in [4.69, 9.17) is 0 Å². The van der Waals surface area contributed by atoms with Crippen LogP contribution < -0.4 is 0 Å². The molecular formula is C17H23NO2. The van der Waals surface area contributed by atoms with E-state index in [2.05, 4.69) is 34.0 Å². The van der Waals surface area contributed by atoms with Gasteiger partial charge in [0, 0.05) is 11.7 Å². The van der Waals surface area contributed by atoms with E-state index in [1.807, 2.05) is 6.20 Å². The number of H-pyrrole nitrogens is 1. The Morgan fingerprint density at radius 2 is 2.05 bits per heavy atom. The summed E-state index contributed by atoms with van der Waals surface area (Å²) in [5.74, 6) is 0.818. The molecule has 1 aromatic heterocycles. The van der Waals surface area contributed by atoms with Gasteiger partial charge in [-0.3, -0.25) is 4.79 Å². The predicted molar refractivity (Wildman–Crippen MR) is 81.8 cm³/mol. The topological polar surface area (TPSA) is 42.1 Å². The van der Waals surface area contributed by atoms with Gasteiger partial charge < -0.3 is 9.72 Å². The molecule has 0 radical (unpaired) electrons. The highest BCUT2D eigenvalue weighted by molar-refractivity contribution is 5.80. The molecule has 1 N–H and O–H groups in total. The van der Waals surface area contributed by atoms with Crippen LogP contribution in [-0.2, 0) is 9.53 Å². The molecule has 1 fully saturated rings. The first-order chi connectivity index (χ1) is 9.85. The number of benzene rings is 1. The van der Waals surface area contributed by atoms with Crippen molar-refractivity contribution in [2.24, 2.45) is 0 Å². The molecule has 0 atom stereocenters. The molecule has 0 amide bonds. The van der Waals surface area contributed by atoms with E-state index in [0.717, 1.165) is 5.92 Å². The first kappa shape index (κ1) is 14.6. The molecule has 3 nitrogen and oxygen atoms in total. The lowest BCUT2D eigenvalue weighted by Gasteiger charge is -2.21. The summed E-state index contributed by atoms with van der Waals surface area (Å²) < 4.78 is 4.15. The van der Waals surface area contributed by atoms with Gasteiger partial charge in [-0.15, -0.1) is 0 Å². The average Bonchev–Trinajstić information content (AvgIpc) is 2.97. The molecule has 108 valence electrons. The highest BCUT2D eigenvalue weighted by atomic mass is 16.5. The minimum absolute atomic E-state index is 0.431. The molecule has 20 heavy (non-hydrogen) atoms. The Balaban J connectivity index is 0.000000257. The first-order valence-electron chi connectivity index (χ1n) is 7.47. The van der Waals surface area contributed by atoms with Crippen molar-refractivity contribution in [3.8, 4) is 0 Å². The number of fused-ring (bicyclic) bond motifs is 1. The van der Waals surface area contributed by atoms with E-state index in [1.165, 1.54) is 43.0 Å². The third-order valence-corrected chi connectivity index (χ3v) is 3.89. The van der Waals surface area contributed by atoms with Crippen LogP contribution >= 0.6 is 0 Å². The molecule has 3 rings (SSSR count). The lowest BCUT2D eigenvalue weighted by molar-refractivity contribution is -0.128. The molecule has 2 aromatic rings. The molecule has 0 spiro atoms. The lowest BCUT2D eigenvalue weighted by atomic mass is 9.84. The summed E-state index contributed by atoms with van der Waals surface area (Å²) in [6.07, 6.45) is 9.05. The minimum Gasteiger partial charge on any atom is -0.468 e. The number of nitrogens with one attached hydrogen (secondary N) is 1. The molecule has 1 aliphatic rings. The quantitative estimate of drug-likeness (QED) is 0.842. The molecule has 3 heteroatoms. The van der Waals surface area contributed by atoms with Gasteiger partial charge >= 0.3 is 0 Å². The lowest BCUT2D eigenvalue weighted by Crippen LogP contribution is -2.03. The molecule has 1 aromatic carbocycles. The summed E-state index contributed by atoms with van der Waals surface area (Å²) in [6.45, 7) is 2.66. The van der Waals surface area contributed by atoms with Gasteiger partial charge in [-0.1, -0.05) is 25.3 Å². The van der Waals surface area contributed by atoms with Crippen LogP contribution in [0, 0.1) is 0 Å². The van der Waals surface area contributed by atoms with Gasteiger partial charge in [0.1, 0.15) is 0 Å². The molecule has 0 bridgehead atoms. The number of hydrogen-bond donors (Lipinski definition) is 1. The van der Waals surface area contributed by atoms with E-state index in [0.29, 0.717) is 13.1 Å². The molecule has 0 unspecified atom stereocenters. The maximum Gasteiger partial charge on any atom is 0.293 e. The van der Waals surface area contributed by atoms with Crippen molar-refractivity contribution < 1.29 is 9.53 Å². The van der Waals surface area contributed by atoms with E-state index in [9.17, 15) is 4.79 Å². The van der Waals surface area contributed by atoms with E-state index < -0.39 is 0 Å². The van der Waals surface area contributed by atoms with Gasteiger partial charge in [0.15, 0.2) is 0 Å². The van der Waals surface area contributed by atoms with Crippen LogP contribution in [0.4, 0.5) is 0 Å². The zero-order valence-corrected chi connectivity index (χ0v) is 12.1. The molecule has 1 saturated carbocycles. The Morgan fingerprint density at radius 1 is 1.25 bits per heavy atom. The van der Waals surface area contributed by atoms with Gasteiger partial charge in [0.25, 0.3) is 6.47 Å². The maximum absolute atomic E-state index is 9.18. The van der Waals surface area contributed by atoms with Crippen molar-refractivity contribution in [1.29, 1.82) is 0 Å². The summed E-state index contributed by atoms with van der Waals surface area (Å²) in [5.41, 5.74) is 2.80. The Morgan fingerprint density at radius 3 is 2.70 bits per heavy atom. The minimum atomic E-state index is 0.431. The summed E-state index contributed by atoms with van der Waals surface area (Å²) in [5, 5.41) is 1.36. The standard InChI is InChI=1S/C14H17N.C3H6O2/c1-2-4-11(5-3-1)12-6-7-14-13(10-12)8-9-15-14;1-2-5-3-4/h6-11,15H,1-5H2;3H,2H2,1H3. The largest absolute Gasteiger partial charge is 0.468 e. The van der Waals surface area contributed by atoms with Crippen LogP contribution in [-0.4, -0.2) is 18.1 Å². The molecular weight excluding hydrogens is 250 g/mol. The fourth-order valence-corrected chi connectivity index (χ4v) is 2.83. The second-order valence-electron chi connectivity index (χ2n) is 5.21. The van der Waals surface area contributed by atoms with E-state index in [1.54, 1.807) is 12.5 Å². The number of hydrogen-bond acceptors (Lipinski definition) is 2. The van der Waals surface area contributed by atoms with Crippen LogP contribution in [0.1, 0.15) is 50.5 Å². The SMILES string of the molecule is CCOC=O.c1cc2cc(C3CCCCC3)ccc2[nH]1. The number of aromatic amines is 1. The van der Waals surface area contributed by atoms with Crippen LogP contribution in [0.15, 0.2) is 30.5 Å². The van der Waals surface area contributed by atoms with Gasteiger partial charge in [-0.25, -0.2) is 0 Å². The molecule has 0 saturated heterocycles. The highest BCUT2D eigenvalue weighted by Crippen LogP contribution is 2.33. The van der Waals surface area contributed by atoms with Crippen molar-refractivity contribution in [2.45, 2.75) is 44.9 Å². The van der Waals surface area contributed by atoms with Crippen LogP contribution in [0.5, 0.6) is 0 Å². The Kier molecular flexibility index (Phi) is 5.66. The number of rotatable bonds is 3. The second-order valence-corrected chi connectivity index (χ2v) is 5.21. The highest BCUT2D eigenvalue weighted by Gasteiger charge is 2.15. The molecule has 0 aliphatic heterocycles. The summed E-state index contributed by atoms with van der Waals surface area (Å²) >= 11 is 0. The van der Waals surface area contributed by atoms with Crippen LogP contribution in [0.25, 0.3) is 10.9 Å². The average molecular weight is 273 g/mol. The van der Waals surface area contributed by atoms with Crippen molar-refractivity contribution in [2.75, 3.05) is 6.61 Å². The summed E-state index contributed by atoms with van der Waals surface area (Å²) in [4.78, 5) is 12.4. The number of carbonyl (C=O) groups excluding carboxylic acids is 1. The number of ether oxygens (including phenoxy) is 1. The van der Waals surface area contributed by atoms with Gasteiger partial charge in [-0.05, 0) is 54.8 Å². The van der Waals surface area contributed by atoms with E-state index >= 15 is 0 Å². The fraction of sp³-hybridized carbons (Fsp3) is 0.471. The summed E-state index contributed by atoms with van der Waals surface area (Å²) in [7, 11) is 0. The van der Waals surface area contributed by atoms with Crippen molar-refractivity contribution >= 4 is 17.4 Å². The predicted octanol–water partition coefficient (Wildman–Crippen LogP) is 4.39. The van der Waals surface area contributed by atoms with Crippen LogP contribution in [0.3, 0.4) is 0 Å². The van der Waals surface area contributed by atoms with Gasteiger partial charge in [-0.2, -0.15) is 0 Å². The Bertz CT molecular complexity index is 527. The normalized spacial score (nSPS) is 15.4. The van der Waals surface area contributed by atoms with Crippen molar-refractivity contribution in [3.63, 3.8) is 0 Å².